The van der Waals surface area contributed by atoms with Gasteiger partial charge in [-0.15, -0.1) is 0 Å². The third-order valence-corrected chi connectivity index (χ3v) is 4.38. The van der Waals surface area contributed by atoms with Crippen LogP contribution in [0.1, 0.15) is 32.1 Å². The van der Waals surface area contributed by atoms with E-state index >= 15 is 0 Å². The Hall–Kier alpha value is -1.34. The summed E-state index contributed by atoms with van der Waals surface area (Å²) in [5.41, 5.74) is 0. The molecule has 1 aliphatic heterocycles. The van der Waals surface area contributed by atoms with Crippen molar-refractivity contribution in [3.63, 3.8) is 0 Å². The van der Waals surface area contributed by atoms with Crippen LogP contribution in [-0.2, 0) is 14.3 Å². The van der Waals surface area contributed by atoms with Gasteiger partial charge in [-0.25, -0.2) is 0 Å². The van der Waals surface area contributed by atoms with Gasteiger partial charge in [0.1, 0.15) is 0 Å². The molecular weight excluding hydrogens is 296 g/mol. The Bertz CT molecular complexity index is 395. The van der Waals surface area contributed by atoms with Crippen molar-refractivity contribution >= 4 is 11.9 Å². The van der Waals surface area contributed by atoms with E-state index in [0.717, 1.165) is 31.9 Å². The number of morpholine rings is 1. The molecule has 7 nitrogen and oxygen atoms in total. The molecule has 0 bridgehead atoms. The maximum absolute atomic E-state index is 12.1. The fourth-order valence-corrected chi connectivity index (χ4v) is 3.22. The van der Waals surface area contributed by atoms with E-state index in [4.69, 9.17) is 9.47 Å². The zero-order valence-corrected chi connectivity index (χ0v) is 14.3. The molecule has 0 aromatic rings. The highest BCUT2D eigenvalue weighted by Gasteiger charge is 2.23. The van der Waals surface area contributed by atoms with Gasteiger partial charge in [0, 0.05) is 33.3 Å². The molecule has 0 aromatic carbocycles. The number of rotatable bonds is 5. The molecule has 132 valence electrons. The fourth-order valence-electron chi connectivity index (χ4n) is 3.22. The molecule has 2 N–H and O–H groups in total. The molecular formula is C16H30N4O3. The highest BCUT2D eigenvalue weighted by atomic mass is 16.5. The summed E-state index contributed by atoms with van der Waals surface area (Å²) in [6.45, 7) is 2.95. The molecule has 0 spiro atoms. The standard InChI is InChI=1S/C16H30N4O3/c1-17-16(20-8-9-23-14(11-20)12-22-2)18-10-15(21)19-13-6-4-3-5-7-13/h13-14H,3-12H2,1-2H3,(H,17,18)(H,19,21). The first-order valence-electron chi connectivity index (χ1n) is 8.58. The minimum atomic E-state index is 0.0414. The summed E-state index contributed by atoms with van der Waals surface area (Å²) in [7, 11) is 3.41. The second-order valence-electron chi connectivity index (χ2n) is 6.20. The first kappa shape index (κ1) is 18.0. The van der Waals surface area contributed by atoms with Gasteiger partial charge in [-0.2, -0.15) is 0 Å². The van der Waals surface area contributed by atoms with Crippen LogP contribution in [0.5, 0.6) is 0 Å². The number of hydrogen-bond donors (Lipinski definition) is 2. The fraction of sp³-hybridized carbons (Fsp3) is 0.875. The largest absolute Gasteiger partial charge is 0.382 e. The van der Waals surface area contributed by atoms with Gasteiger partial charge >= 0.3 is 0 Å². The first-order chi connectivity index (χ1) is 11.2. The average Bonchev–Trinajstić information content (AvgIpc) is 2.57. The van der Waals surface area contributed by atoms with Crippen molar-refractivity contribution in [2.45, 2.75) is 44.2 Å². The van der Waals surface area contributed by atoms with E-state index in [1.807, 2.05) is 0 Å². The summed E-state index contributed by atoms with van der Waals surface area (Å²) >= 11 is 0. The molecule has 1 heterocycles. The number of ether oxygens (including phenoxy) is 2. The predicted molar refractivity (Wildman–Crippen MR) is 89.6 cm³/mol. The van der Waals surface area contributed by atoms with Gasteiger partial charge in [-0.1, -0.05) is 19.3 Å². The van der Waals surface area contributed by atoms with Crippen molar-refractivity contribution in [3.05, 3.63) is 0 Å². The van der Waals surface area contributed by atoms with Crippen LogP contribution in [0.4, 0.5) is 0 Å². The third kappa shape index (κ3) is 5.99. The molecule has 1 saturated heterocycles. The van der Waals surface area contributed by atoms with Crippen LogP contribution >= 0.6 is 0 Å². The lowest BCUT2D eigenvalue weighted by Crippen LogP contribution is -2.53. The SMILES string of the molecule is CN=C(NCC(=O)NC1CCCCC1)N1CCOC(COC)C1. The van der Waals surface area contributed by atoms with Gasteiger partial charge in [0.15, 0.2) is 5.96 Å². The zero-order valence-electron chi connectivity index (χ0n) is 14.3. The second kappa shape index (κ2) is 9.72. The van der Waals surface area contributed by atoms with Gasteiger partial charge in [0.05, 0.1) is 25.9 Å². The predicted octanol–water partition coefficient (Wildman–Crippen LogP) is 0.358. The smallest absolute Gasteiger partial charge is 0.239 e. The van der Waals surface area contributed by atoms with Gasteiger partial charge in [0.2, 0.25) is 5.91 Å². The number of nitrogens with one attached hydrogen (secondary N) is 2. The van der Waals surface area contributed by atoms with E-state index in [1.54, 1.807) is 14.2 Å². The van der Waals surface area contributed by atoms with Gasteiger partial charge < -0.3 is 25.0 Å². The summed E-state index contributed by atoms with van der Waals surface area (Å²) in [5, 5.41) is 6.27. The number of hydrogen-bond acceptors (Lipinski definition) is 4. The summed E-state index contributed by atoms with van der Waals surface area (Å²) in [4.78, 5) is 18.5. The van der Waals surface area contributed by atoms with Crippen molar-refractivity contribution in [1.82, 2.24) is 15.5 Å². The molecule has 1 aliphatic carbocycles. The average molecular weight is 326 g/mol. The molecule has 2 rings (SSSR count). The summed E-state index contributed by atoms with van der Waals surface area (Å²) in [6.07, 6.45) is 5.97. The van der Waals surface area contributed by atoms with E-state index in [0.29, 0.717) is 19.3 Å². The van der Waals surface area contributed by atoms with Crippen LogP contribution in [0.2, 0.25) is 0 Å². The van der Waals surface area contributed by atoms with Gasteiger partial charge in [0.25, 0.3) is 0 Å². The lowest BCUT2D eigenvalue weighted by molar-refractivity contribution is -0.120. The van der Waals surface area contributed by atoms with E-state index < -0.39 is 0 Å². The summed E-state index contributed by atoms with van der Waals surface area (Å²) < 4.78 is 10.8. The lowest BCUT2D eigenvalue weighted by atomic mass is 9.95. The number of nitrogens with zero attached hydrogens (tertiary/aromatic N) is 2. The second-order valence-corrected chi connectivity index (χ2v) is 6.20. The van der Waals surface area contributed by atoms with Crippen LogP contribution in [0.15, 0.2) is 4.99 Å². The molecule has 1 amide bonds. The quantitative estimate of drug-likeness (QED) is 0.563. The zero-order chi connectivity index (χ0) is 16.5. The number of carbonyl (C=O) groups is 1. The van der Waals surface area contributed by atoms with E-state index in [-0.39, 0.29) is 18.6 Å². The molecule has 23 heavy (non-hydrogen) atoms. The van der Waals surface area contributed by atoms with E-state index in [2.05, 4.69) is 20.5 Å². The molecule has 0 radical (unpaired) electrons. The summed E-state index contributed by atoms with van der Waals surface area (Å²) in [6, 6.07) is 0.342. The highest BCUT2D eigenvalue weighted by Crippen LogP contribution is 2.17. The maximum Gasteiger partial charge on any atom is 0.239 e. The van der Waals surface area contributed by atoms with E-state index in [9.17, 15) is 4.79 Å². The molecule has 1 unspecified atom stereocenters. The molecule has 2 fully saturated rings. The van der Waals surface area contributed by atoms with Crippen molar-refractivity contribution < 1.29 is 14.3 Å². The Labute approximate surface area is 138 Å². The lowest BCUT2D eigenvalue weighted by Gasteiger charge is -2.34. The van der Waals surface area contributed by atoms with Crippen LogP contribution in [0.3, 0.4) is 0 Å². The number of aliphatic imine (C=N–C) groups is 1. The molecule has 2 aliphatic rings. The van der Waals surface area contributed by atoms with E-state index in [1.165, 1.54) is 19.3 Å². The molecule has 1 saturated carbocycles. The van der Waals surface area contributed by atoms with Crippen molar-refractivity contribution in [3.8, 4) is 0 Å². The third-order valence-electron chi connectivity index (χ3n) is 4.38. The van der Waals surface area contributed by atoms with Crippen LogP contribution in [0, 0.1) is 0 Å². The van der Waals surface area contributed by atoms with Crippen molar-refractivity contribution in [1.29, 1.82) is 0 Å². The minimum absolute atomic E-state index is 0.0414. The maximum atomic E-state index is 12.1. The normalized spacial score (nSPS) is 23.7. The first-order valence-corrected chi connectivity index (χ1v) is 8.58. The minimum Gasteiger partial charge on any atom is -0.382 e. The molecule has 7 heteroatoms. The van der Waals surface area contributed by atoms with Gasteiger partial charge in [-0.05, 0) is 12.8 Å². The topological polar surface area (TPSA) is 75.2 Å². The van der Waals surface area contributed by atoms with Crippen LogP contribution in [0.25, 0.3) is 0 Å². The van der Waals surface area contributed by atoms with Crippen molar-refractivity contribution in [2.75, 3.05) is 47.0 Å². The monoisotopic (exact) mass is 326 g/mol. The highest BCUT2D eigenvalue weighted by molar-refractivity contribution is 5.86. The Kier molecular flexibility index (Phi) is 7.61. The van der Waals surface area contributed by atoms with Crippen molar-refractivity contribution in [2.24, 2.45) is 4.99 Å². The number of amides is 1. The summed E-state index contributed by atoms with van der Waals surface area (Å²) in [5.74, 6) is 0.785. The van der Waals surface area contributed by atoms with Gasteiger partial charge in [-0.3, -0.25) is 9.79 Å². The Balaban J connectivity index is 1.74. The molecule has 0 aromatic heterocycles. The van der Waals surface area contributed by atoms with Crippen LogP contribution < -0.4 is 10.6 Å². The number of guanidine groups is 1. The Morgan fingerprint density at radius 2 is 2.13 bits per heavy atom. The van der Waals surface area contributed by atoms with Crippen LogP contribution in [-0.4, -0.2) is 75.9 Å². The Morgan fingerprint density at radius 1 is 1.35 bits per heavy atom. The Morgan fingerprint density at radius 3 is 2.83 bits per heavy atom. The molecule has 1 atom stereocenters. The number of methoxy groups -OCH3 is 1. The number of carbonyl (C=O) groups excluding carboxylic acids is 1.